The SMILES string of the molecule is CCCCCCCCCCCC(c1ccc(C(CC)c2ccc(N)cc2)cc1)c1ccc(C(CC)c2ccc(N)cc2)cc1. The minimum Gasteiger partial charge on any atom is -0.399 e. The predicted octanol–water partition coefficient (Wildman–Crippen LogP) is 12.0. The molecule has 2 atom stereocenters. The van der Waals surface area contributed by atoms with Gasteiger partial charge in [0.05, 0.1) is 0 Å². The first kappa shape index (κ1) is 33.4. The van der Waals surface area contributed by atoms with Crippen molar-refractivity contribution in [3.05, 3.63) is 130 Å². The van der Waals surface area contributed by atoms with Gasteiger partial charge in [-0.15, -0.1) is 0 Å². The molecule has 0 fully saturated rings. The van der Waals surface area contributed by atoms with Crippen LogP contribution < -0.4 is 11.5 Å². The van der Waals surface area contributed by atoms with E-state index < -0.39 is 0 Å². The molecule has 0 bridgehead atoms. The van der Waals surface area contributed by atoms with E-state index in [2.05, 4.69) is 93.6 Å². The van der Waals surface area contributed by atoms with Crippen molar-refractivity contribution in [2.75, 3.05) is 11.5 Å². The highest BCUT2D eigenvalue weighted by atomic mass is 14.5. The summed E-state index contributed by atoms with van der Waals surface area (Å²) in [6.07, 6.45) is 15.6. The van der Waals surface area contributed by atoms with Crippen molar-refractivity contribution < 1.29 is 0 Å². The van der Waals surface area contributed by atoms with Crippen LogP contribution in [0.25, 0.3) is 0 Å². The Kier molecular flexibility index (Phi) is 13.4. The van der Waals surface area contributed by atoms with E-state index in [4.69, 9.17) is 11.5 Å². The molecule has 0 aliphatic carbocycles. The molecule has 0 amide bonds. The maximum absolute atomic E-state index is 5.97. The molecule has 0 saturated carbocycles. The van der Waals surface area contributed by atoms with Crippen LogP contribution in [0.3, 0.4) is 0 Å². The Morgan fingerprint density at radius 3 is 0.955 bits per heavy atom. The third-order valence-electron chi connectivity index (χ3n) is 9.57. The van der Waals surface area contributed by atoms with E-state index in [1.807, 2.05) is 24.3 Å². The molecule has 2 unspecified atom stereocenters. The molecule has 2 heteroatoms. The maximum Gasteiger partial charge on any atom is 0.0314 e. The molecule has 4 N–H and O–H groups in total. The van der Waals surface area contributed by atoms with Crippen LogP contribution >= 0.6 is 0 Å². The standard InChI is InChI=1S/C42H56N2/c1-4-7-8-9-10-11-12-13-14-15-42(36-20-16-32(17-21-36)40(5-2)34-24-28-38(43)29-25-34)37-22-18-33(19-23-37)41(6-3)35-26-30-39(44)31-27-35/h16-31,40-42H,4-15,43-44H2,1-3H3. The Balaban J connectivity index is 1.50. The lowest BCUT2D eigenvalue weighted by Crippen LogP contribution is -2.05. The van der Waals surface area contributed by atoms with Crippen LogP contribution in [0.15, 0.2) is 97.1 Å². The second kappa shape index (κ2) is 17.7. The molecule has 0 aromatic heterocycles. The van der Waals surface area contributed by atoms with Crippen LogP contribution in [-0.2, 0) is 0 Å². The van der Waals surface area contributed by atoms with Crippen molar-refractivity contribution in [1.82, 2.24) is 0 Å². The zero-order valence-electron chi connectivity index (χ0n) is 27.6. The van der Waals surface area contributed by atoms with Crippen LogP contribution in [0.5, 0.6) is 0 Å². The molecule has 44 heavy (non-hydrogen) atoms. The Bertz CT molecular complexity index is 1240. The van der Waals surface area contributed by atoms with Crippen molar-refractivity contribution in [3.63, 3.8) is 0 Å². The van der Waals surface area contributed by atoms with Gasteiger partial charge in [-0.1, -0.05) is 151 Å². The number of rotatable bonds is 18. The van der Waals surface area contributed by atoms with E-state index >= 15 is 0 Å². The highest BCUT2D eigenvalue weighted by Gasteiger charge is 2.18. The Morgan fingerprint density at radius 1 is 0.364 bits per heavy atom. The van der Waals surface area contributed by atoms with E-state index in [1.54, 1.807) is 0 Å². The summed E-state index contributed by atoms with van der Waals surface area (Å²) in [5.74, 6) is 1.19. The van der Waals surface area contributed by atoms with Crippen LogP contribution in [0.2, 0.25) is 0 Å². The molecular formula is C42H56N2. The summed E-state index contributed by atoms with van der Waals surface area (Å²) in [6.45, 7) is 6.84. The number of unbranched alkanes of at least 4 members (excludes halogenated alkanes) is 8. The van der Waals surface area contributed by atoms with Crippen molar-refractivity contribution in [2.24, 2.45) is 0 Å². The summed E-state index contributed by atoms with van der Waals surface area (Å²) in [7, 11) is 0. The monoisotopic (exact) mass is 588 g/mol. The van der Waals surface area contributed by atoms with Gasteiger partial charge in [-0.25, -0.2) is 0 Å². The first-order valence-electron chi connectivity index (χ1n) is 17.4. The molecule has 2 nitrogen and oxygen atoms in total. The molecule has 234 valence electrons. The van der Waals surface area contributed by atoms with Crippen molar-refractivity contribution in [3.8, 4) is 0 Å². The summed E-state index contributed by atoms with van der Waals surface area (Å²) in [6, 6.07) is 35.8. The fourth-order valence-electron chi connectivity index (χ4n) is 6.89. The Labute approximate surface area is 268 Å². The van der Waals surface area contributed by atoms with Gasteiger partial charge in [0.1, 0.15) is 0 Å². The summed E-state index contributed by atoms with van der Waals surface area (Å²) < 4.78 is 0. The normalized spacial score (nSPS) is 13.4. The zero-order valence-corrected chi connectivity index (χ0v) is 27.6. The molecule has 0 aliphatic rings. The highest BCUT2D eigenvalue weighted by Crippen LogP contribution is 2.35. The third-order valence-corrected chi connectivity index (χ3v) is 9.57. The largest absolute Gasteiger partial charge is 0.399 e. The summed E-state index contributed by atoms with van der Waals surface area (Å²) in [5.41, 5.74) is 21.9. The fraction of sp³-hybridized carbons (Fsp3) is 0.429. The molecule has 0 spiro atoms. The summed E-state index contributed by atoms with van der Waals surface area (Å²) in [4.78, 5) is 0. The quantitative estimate of drug-likeness (QED) is 0.0897. The molecule has 0 aliphatic heterocycles. The van der Waals surface area contributed by atoms with Gasteiger partial charge in [-0.2, -0.15) is 0 Å². The van der Waals surface area contributed by atoms with Gasteiger partial charge in [0.15, 0.2) is 0 Å². The van der Waals surface area contributed by atoms with E-state index in [1.165, 1.54) is 97.6 Å². The molecular weight excluding hydrogens is 532 g/mol. The summed E-state index contributed by atoms with van der Waals surface area (Å²) >= 11 is 0. The third kappa shape index (κ3) is 9.49. The number of hydrogen-bond donors (Lipinski definition) is 2. The molecule has 4 rings (SSSR count). The van der Waals surface area contributed by atoms with Gasteiger partial charge in [0.25, 0.3) is 0 Å². The van der Waals surface area contributed by atoms with E-state index in [-0.39, 0.29) is 0 Å². The first-order chi connectivity index (χ1) is 21.5. The average molecular weight is 589 g/mol. The minimum absolute atomic E-state index is 0.388. The van der Waals surface area contributed by atoms with Gasteiger partial charge >= 0.3 is 0 Å². The van der Waals surface area contributed by atoms with Gasteiger partial charge in [-0.3, -0.25) is 0 Å². The van der Waals surface area contributed by atoms with Crippen LogP contribution in [-0.4, -0.2) is 0 Å². The minimum atomic E-state index is 0.388. The van der Waals surface area contributed by atoms with Gasteiger partial charge in [0, 0.05) is 29.1 Å². The van der Waals surface area contributed by atoms with Gasteiger partial charge in [0.2, 0.25) is 0 Å². The number of nitrogens with two attached hydrogens (primary N) is 2. The van der Waals surface area contributed by atoms with E-state index in [9.17, 15) is 0 Å². The Morgan fingerprint density at radius 2 is 0.636 bits per heavy atom. The Hall–Kier alpha value is -3.52. The van der Waals surface area contributed by atoms with Crippen LogP contribution in [0.4, 0.5) is 11.4 Å². The topological polar surface area (TPSA) is 52.0 Å². The zero-order chi connectivity index (χ0) is 31.1. The number of anilines is 2. The average Bonchev–Trinajstić information content (AvgIpc) is 3.05. The maximum atomic E-state index is 5.97. The lowest BCUT2D eigenvalue weighted by Gasteiger charge is -2.22. The van der Waals surface area contributed by atoms with Crippen LogP contribution in [0, 0.1) is 0 Å². The number of hydrogen-bond acceptors (Lipinski definition) is 2. The van der Waals surface area contributed by atoms with E-state index in [0.29, 0.717) is 17.8 Å². The second-order valence-electron chi connectivity index (χ2n) is 12.8. The molecule has 0 heterocycles. The van der Waals surface area contributed by atoms with E-state index in [0.717, 1.165) is 24.2 Å². The second-order valence-corrected chi connectivity index (χ2v) is 12.8. The smallest absolute Gasteiger partial charge is 0.0314 e. The van der Waals surface area contributed by atoms with Crippen molar-refractivity contribution >= 4 is 11.4 Å². The van der Waals surface area contributed by atoms with Gasteiger partial charge in [-0.05, 0) is 76.9 Å². The number of benzene rings is 4. The molecule has 0 radical (unpaired) electrons. The first-order valence-corrected chi connectivity index (χ1v) is 17.4. The lowest BCUT2D eigenvalue weighted by molar-refractivity contribution is 0.545. The van der Waals surface area contributed by atoms with Crippen LogP contribution in [0.1, 0.15) is 149 Å². The summed E-state index contributed by atoms with van der Waals surface area (Å²) in [5, 5.41) is 0. The molecule has 0 saturated heterocycles. The molecule has 4 aromatic rings. The van der Waals surface area contributed by atoms with Gasteiger partial charge < -0.3 is 11.5 Å². The van der Waals surface area contributed by atoms with Crippen molar-refractivity contribution in [1.29, 1.82) is 0 Å². The molecule has 4 aromatic carbocycles. The number of nitrogen functional groups attached to an aromatic ring is 2. The predicted molar refractivity (Wildman–Crippen MR) is 193 cm³/mol. The fourth-order valence-corrected chi connectivity index (χ4v) is 6.89. The van der Waals surface area contributed by atoms with Crippen molar-refractivity contribution in [2.45, 2.75) is 116 Å². The highest BCUT2D eigenvalue weighted by molar-refractivity contribution is 5.45. The lowest BCUT2D eigenvalue weighted by atomic mass is 9.82.